The molecule has 0 atom stereocenters. The number of thiazole rings is 1. The minimum atomic E-state index is -0.230. The molecule has 0 radical (unpaired) electrons. The van der Waals surface area contributed by atoms with Crippen LogP contribution in [0.2, 0.25) is 0 Å². The second-order valence-corrected chi connectivity index (χ2v) is 6.08. The van der Waals surface area contributed by atoms with E-state index in [4.69, 9.17) is 9.47 Å². The topological polar surface area (TPSA) is 60.5 Å². The van der Waals surface area contributed by atoms with Gasteiger partial charge in [0.05, 0.1) is 6.61 Å². The normalized spacial score (nSPS) is 10.4. The third kappa shape index (κ3) is 4.65. The molecule has 0 bridgehead atoms. The number of hydrogen-bond acceptors (Lipinski definition) is 5. The van der Waals surface area contributed by atoms with Crippen molar-refractivity contribution >= 4 is 22.9 Å². The van der Waals surface area contributed by atoms with Crippen LogP contribution in [0.4, 0.5) is 5.69 Å². The largest absolute Gasteiger partial charge is 0.491 e. The molecule has 0 unspecified atom stereocenters. The molecule has 5 nitrogen and oxygen atoms in total. The molecule has 2 aromatic carbocycles. The molecule has 1 heterocycles. The van der Waals surface area contributed by atoms with Gasteiger partial charge in [0.1, 0.15) is 23.1 Å². The number of anilines is 1. The Morgan fingerprint density at radius 2 is 1.84 bits per heavy atom. The Kier molecular flexibility index (Phi) is 5.77. The first kappa shape index (κ1) is 17.1. The molecule has 0 aliphatic rings. The molecule has 6 heteroatoms. The van der Waals surface area contributed by atoms with Crippen LogP contribution in [-0.2, 0) is 4.74 Å². The fourth-order valence-electron chi connectivity index (χ4n) is 2.16. The second-order valence-electron chi connectivity index (χ2n) is 5.22. The van der Waals surface area contributed by atoms with E-state index in [9.17, 15) is 4.79 Å². The smallest absolute Gasteiger partial charge is 0.275 e. The molecule has 0 aliphatic carbocycles. The van der Waals surface area contributed by atoms with Crippen molar-refractivity contribution in [2.75, 3.05) is 25.6 Å². The van der Waals surface area contributed by atoms with Gasteiger partial charge in [-0.3, -0.25) is 4.79 Å². The predicted octanol–water partition coefficient (Wildman–Crippen LogP) is 4.09. The summed E-state index contributed by atoms with van der Waals surface area (Å²) in [4.78, 5) is 16.8. The van der Waals surface area contributed by atoms with Crippen molar-refractivity contribution in [1.82, 2.24) is 4.98 Å². The lowest BCUT2D eigenvalue weighted by molar-refractivity contribution is 0.102. The zero-order chi connectivity index (χ0) is 17.5. The summed E-state index contributed by atoms with van der Waals surface area (Å²) in [5.41, 5.74) is 2.10. The van der Waals surface area contributed by atoms with E-state index in [-0.39, 0.29) is 5.91 Å². The molecule has 128 valence electrons. The third-order valence-electron chi connectivity index (χ3n) is 3.43. The second kappa shape index (κ2) is 8.41. The lowest BCUT2D eigenvalue weighted by atomic mass is 10.2. The number of carbonyl (C=O) groups excluding carboxylic acids is 1. The molecule has 1 amide bonds. The van der Waals surface area contributed by atoms with Crippen molar-refractivity contribution in [3.05, 3.63) is 65.7 Å². The lowest BCUT2D eigenvalue weighted by Gasteiger charge is -2.07. The van der Waals surface area contributed by atoms with Gasteiger partial charge in [0.15, 0.2) is 0 Å². The number of ether oxygens (including phenoxy) is 2. The quantitative estimate of drug-likeness (QED) is 0.649. The first-order valence-corrected chi connectivity index (χ1v) is 8.68. The summed E-state index contributed by atoms with van der Waals surface area (Å²) >= 11 is 1.45. The number of nitrogens with zero attached hydrogens (tertiary/aromatic N) is 1. The third-order valence-corrected chi connectivity index (χ3v) is 4.32. The van der Waals surface area contributed by atoms with Gasteiger partial charge in [-0.25, -0.2) is 4.98 Å². The van der Waals surface area contributed by atoms with Crippen LogP contribution in [0, 0.1) is 0 Å². The van der Waals surface area contributed by atoms with E-state index in [1.165, 1.54) is 11.3 Å². The Balaban J connectivity index is 1.61. The monoisotopic (exact) mass is 354 g/mol. The molecule has 1 N–H and O–H groups in total. The van der Waals surface area contributed by atoms with E-state index < -0.39 is 0 Å². The van der Waals surface area contributed by atoms with Gasteiger partial charge in [0.2, 0.25) is 0 Å². The Bertz CT molecular complexity index is 816. The van der Waals surface area contributed by atoms with E-state index in [1.807, 2.05) is 42.5 Å². The summed E-state index contributed by atoms with van der Waals surface area (Å²) in [7, 11) is 1.63. The maximum Gasteiger partial charge on any atom is 0.275 e. The van der Waals surface area contributed by atoms with Crippen molar-refractivity contribution in [2.24, 2.45) is 0 Å². The van der Waals surface area contributed by atoms with Gasteiger partial charge < -0.3 is 14.8 Å². The molecule has 0 saturated carbocycles. The van der Waals surface area contributed by atoms with Gasteiger partial charge in [-0.1, -0.05) is 30.3 Å². The molecular weight excluding hydrogens is 336 g/mol. The minimum Gasteiger partial charge on any atom is -0.491 e. The van der Waals surface area contributed by atoms with Crippen LogP contribution in [0.1, 0.15) is 10.5 Å². The number of rotatable bonds is 7. The van der Waals surface area contributed by atoms with Gasteiger partial charge in [-0.15, -0.1) is 11.3 Å². The average molecular weight is 354 g/mol. The molecule has 1 aromatic heterocycles. The fourth-order valence-corrected chi connectivity index (χ4v) is 2.97. The Labute approximate surface area is 150 Å². The minimum absolute atomic E-state index is 0.230. The Morgan fingerprint density at radius 1 is 1.08 bits per heavy atom. The van der Waals surface area contributed by atoms with Crippen LogP contribution >= 0.6 is 11.3 Å². The highest BCUT2D eigenvalue weighted by Crippen LogP contribution is 2.24. The summed E-state index contributed by atoms with van der Waals surface area (Å²) in [6.45, 7) is 1.02. The number of amides is 1. The maximum absolute atomic E-state index is 12.3. The van der Waals surface area contributed by atoms with Crippen LogP contribution in [0.5, 0.6) is 5.75 Å². The van der Waals surface area contributed by atoms with Gasteiger partial charge >= 0.3 is 0 Å². The van der Waals surface area contributed by atoms with E-state index >= 15 is 0 Å². The highest BCUT2D eigenvalue weighted by Gasteiger charge is 2.12. The molecule has 25 heavy (non-hydrogen) atoms. The summed E-state index contributed by atoms with van der Waals surface area (Å²) in [6.07, 6.45) is 0. The van der Waals surface area contributed by atoms with Crippen LogP contribution in [0.25, 0.3) is 10.6 Å². The highest BCUT2D eigenvalue weighted by molar-refractivity contribution is 7.13. The van der Waals surface area contributed by atoms with Gasteiger partial charge in [0, 0.05) is 23.7 Å². The number of benzene rings is 2. The van der Waals surface area contributed by atoms with Crippen molar-refractivity contribution in [3.63, 3.8) is 0 Å². The first-order valence-electron chi connectivity index (χ1n) is 7.80. The highest BCUT2D eigenvalue weighted by atomic mass is 32.1. The summed E-state index contributed by atoms with van der Waals surface area (Å²) in [5, 5.41) is 5.43. The zero-order valence-electron chi connectivity index (χ0n) is 13.8. The van der Waals surface area contributed by atoms with Gasteiger partial charge in [-0.05, 0) is 24.3 Å². The predicted molar refractivity (Wildman–Crippen MR) is 99.3 cm³/mol. The maximum atomic E-state index is 12.3. The fraction of sp³-hybridized carbons (Fsp3) is 0.158. The van der Waals surface area contributed by atoms with Crippen LogP contribution in [0.3, 0.4) is 0 Å². The number of hydrogen-bond donors (Lipinski definition) is 1. The molecule has 3 aromatic rings. The molecular formula is C19H18N2O3S. The summed E-state index contributed by atoms with van der Waals surface area (Å²) < 4.78 is 10.4. The van der Waals surface area contributed by atoms with Crippen LogP contribution in [0.15, 0.2) is 60.0 Å². The van der Waals surface area contributed by atoms with Crippen molar-refractivity contribution in [2.45, 2.75) is 0 Å². The van der Waals surface area contributed by atoms with E-state index in [0.717, 1.165) is 16.3 Å². The first-order chi connectivity index (χ1) is 12.3. The molecule has 0 saturated heterocycles. The molecule has 0 spiro atoms. The SMILES string of the molecule is COCCOc1ccc(NC(=O)c2csc(-c3ccccc3)n2)cc1. The Hall–Kier alpha value is -2.70. The van der Waals surface area contributed by atoms with E-state index in [1.54, 1.807) is 24.6 Å². The van der Waals surface area contributed by atoms with Gasteiger partial charge in [-0.2, -0.15) is 0 Å². The number of aromatic nitrogens is 1. The molecule has 0 fully saturated rings. The number of nitrogens with one attached hydrogen (secondary N) is 1. The lowest BCUT2D eigenvalue weighted by Crippen LogP contribution is -2.12. The van der Waals surface area contributed by atoms with Gasteiger partial charge in [0.25, 0.3) is 5.91 Å². The Morgan fingerprint density at radius 3 is 2.56 bits per heavy atom. The standard InChI is InChI=1S/C19H18N2O3S/c1-23-11-12-24-16-9-7-15(8-10-16)20-18(22)17-13-25-19(21-17)14-5-3-2-4-6-14/h2-10,13H,11-12H2,1H3,(H,20,22). The molecule has 0 aliphatic heterocycles. The van der Waals surface area contributed by atoms with Crippen LogP contribution in [-0.4, -0.2) is 31.2 Å². The van der Waals surface area contributed by atoms with Crippen molar-refractivity contribution < 1.29 is 14.3 Å². The van der Waals surface area contributed by atoms with Crippen molar-refractivity contribution in [1.29, 1.82) is 0 Å². The average Bonchev–Trinajstić information content (AvgIpc) is 3.14. The van der Waals surface area contributed by atoms with Crippen LogP contribution < -0.4 is 10.1 Å². The number of carbonyl (C=O) groups is 1. The van der Waals surface area contributed by atoms with E-state index in [0.29, 0.717) is 24.6 Å². The zero-order valence-corrected chi connectivity index (χ0v) is 14.6. The molecule has 3 rings (SSSR count). The summed E-state index contributed by atoms with van der Waals surface area (Å²) in [6, 6.07) is 17.0. The number of methoxy groups -OCH3 is 1. The van der Waals surface area contributed by atoms with E-state index in [2.05, 4.69) is 10.3 Å². The van der Waals surface area contributed by atoms with Crippen molar-refractivity contribution in [3.8, 4) is 16.3 Å². The summed E-state index contributed by atoms with van der Waals surface area (Å²) in [5.74, 6) is 0.501.